The minimum Gasteiger partial charge on any atom is -0.335 e. The van der Waals surface area contributed by atoms with Crippen LogP contribution < -0.4 is 10.6 Å². The van der Waals surface area contributed by atoms with Crippen LogP contribution in [0.25, 0.3) is 11.0 Å². The fourth-order valence-electron chi connectivity index (χ4n) is 2.82. The molecule has 3 rings (SSSR count). The molecule has 3 amide bonds. The van der Waals surface area contributed by atoms with Crippen molar-refractivity contribution in [1.29, 1.82) is 0 Å². The lowest BCUT2D eigenvalue weighted by molar-refractivity contribution is -0.117. The van der Waals surface area contributed by atoms with Crippen LogP contribution in [0.3, 0.4) is 0 Å². The molecule has 0 radical (unpaired) electrons. The number of hydrogen-bond donors (Lipinski definition) is 2. The van der Waals surface area contributed by atoms with E-state index in [1.165, 1.54) is 31.0 Å². The molecule has 7 heteroatoms. The van der Waals surface area contributed by atoms with Gasteiger partial charge in [-0.1, -0.05) is 50.1 Å². The lowest BCUT2D eigenvalue weighted by Gasteiger charge is -2.09. The molecule has 0 saturated heterocycles. The van der Waals surface area contributed by atoms with Crippen LogP contribution in [0.4, 0.5) is 4.79 Å². The molecule has 2 N–H and O–H groups in total. The molecule has 0 bridgehead atoms. The van der Waals surface area contributed by atoms with Crippen molar-refractivity contribution in [2.75, 3.05) is 5.75 Å². The van der Waals surface area contributed by atoms with Crippen LogP contribution in [0, 0.1) is 0 Å². The highest BCUT2D eigenvalue weighted by atomic mass is 32.2. The van der Waals surface area contributed by atoms with E-state index in [4.69, 9.17) is 0 Å². The number of nitrogens with zero attached hydrogens (tertiary/aromatic N) is 2. The molecule has 1 fully saturated rings. The van der Waals surface area contributed by atoms with Crippen LogP contribution in [0.1, 0.15) is 45.4 Å². The van der Waals surface area contributed by atoms with E-state index in [1.807, 2.05) is 18.2 Å². The monoisotopic (exact) mass is 374 g/mol. The van der Waals surface area contributed by atoms with Gasteiger partial charge in [0.15, 0.2) is 5.16 Å². The minimum absolute atomic E-state index is 0.177. The number of benzene rings is 1. The average Bonchev–Trinajstić information content (AvgIpc) is 3.36. The number of thioether (sulfide) groups is 1. The standard InChI is InChI=1S/C19H26N4O2S/c1-2-3-4-7-12-23-16-9-6-5-8-15(16)21-19(23)26-13-17(24)22-18(25)20-14-10-11-14/h5-6,8-9,14H,2-4,7,10-13H2,1H3,(H2,20,22,24,25). The van der Waals surface area contributed by atoms with Gasteiger partial charge in [-0.05, 0) is 31.4 Å². The third-order valence-electron chi connectivity index (χ3n) is 4.35. The zero-order chi connectivity index (χ0) is 18.4. The molecule has 140 valence electrons. The van der Waals surface area contributed by atoms with E-state index in [-0.39, 0.29) is 17.7 Å². The van der Waals surface area contributed by atoms with Crippen LogP contribution in [0.5, 0.6) is 0 Å². The Morgan fingerprint density at radius 3 is 2.81 bits per heavy atom. The number of aryl methyl sites for hydroxylation is 1. The summed E-state index contributed by atoms with van der Waals surface area (Å²) >= 11 is 1.38. The van der Waals surface area contributed by atoms with Gasteiger partial charge in [0.25, 0.3) is 0 Å². The second-order valence-corrected chi connectivity index (χ2v) is 7.62. The van der Waals surface area contributed by atoms with Crippen LogP contribution >= 0.6 is 11.8 Å². The molecule has 1 aliphatic rings. The fourth-order valence-corrected chi connectivity index (χ4v) is 3.66. The largest absolute Gasteiger partial charge is 0.335 e. The first-order valence-electron chi connectivity index (χ1n) is 9.35. The highest BCUT2D eigenvalue weighted by molar-refractivity contribution is 7.99. The predicted octanol–water partition coefficient (Wildman–Crippen LogP) is 3.70. The number of carbonyl (C=O) groups excluding carboxylic acids is 2. The smallest absolute Gasteiger partial charge is 0.321 e. The summed E-state index contributed by atoms with van der Waals surface area (Å²) in [7, 11) is 0. The van der Waals surface area contributed by atoms with Gasteiger partial charge in [0.1, 0.15) is 0 Å². The lowest BCUT2D eigenvalue weighted by atomic mass is 10.2. The second kappa shape index (κ2) is 9.07. The molecule has 26 heavy (non-hydrogen) atoms. The first-order chi connectivity index (χ1) is 12.7. The number of aromatic nitrogens is 2. The van der Waals surface area contributed by atoms with E-state index in [0.29, 0.717) is 0 Å². The number of fused-ring (bicyclic) bond motifs is 1. The van der Waals surface area contributed by atoms with Crippen molar-refractivity contribution in [3.05, 3.63) is 24.3 Å². The molecule has 1 aliphatic carbocycles. The van der Waals surface area contributed by atoms with Crippen molar-refractivity contribution in [2.24, 2.45) is 0 Å². The third kappa shape index (κ3) is 5.24. The molecule has 1 aromatic carbocycles. The van der Waals surface area contributed by atoms with Gasteiger partial charge in [-0.3, -0.25) is 10.1 Å². The predicted molar refractivity (Wildman–Crippen MR) is 104 cm³/mol. The van der Waals surface area contributed by atoms with Crippen LogP contribution in [-0.2, 0) is 11.3 Å². The molecule has 0 atom stereocenters. The summed E-state index contributed by atoms with van der Waals surface area (Å²) in [6, 6.07) is 7.88. The SMILES string of the molecule is CCCCCCn1c(SCC(=O)NC(=O)NC2CC2)nc2ccccc21. The summed E-state index contributed by atoms with van der Waals surface area (Å²) in [6.45, 7) is 3.10. The van der Waals surface area contributed by atoms with Crippen LogP contribution in [0.15, 0.2) is 29.4 Å². The number of urea groups is 1. The Hall–Kier alpha value is -2.02. The van der Waals surface area contributed by atoms with Gasteiger partial charge in [0, 0.05) is 12.6 Å². The van der Waals surface area contributed by atoms with E-state index in [2.05, 4.69) is 33.2 Å². The number of nitrogens with one attached hydrogen (secondary N) is 2. The molecule has 6 nitrogen and oxygen atoms in total. The zero-order valence-electron chi connectivity index (χ0n) is 15.2. The Kier molecular flexibility index (Phi) is 6.55. The van der Waals surface area contributed by atoms with E-state index in [1.54, 1.807) is 0 Å². The maximum Gasteiger partial charge on any atom is 0.321 e. The highest BCUT2D eigenvalue weighted by Gasteiger charge is 2.24. The summed E-state index contributed by atoms with van der Waals surface area (Å²) in [4.78, 5) is 28.3. The van der Waals surface area contributed by atoms with Gasteiger partial charge in [0.2, 0.25) is 5.91 Å². The van der Waals surface area contributed by atoms with Crippen LogP contribution in [-0.4, -0.2) is 33.3 Å². The molecular formula is C19H26N4O2S. The Balaban J connectivity index is 1.60. The van der Waals surface area contributed by atoms with E-state index in [0.717, 1.165) is 42.0 Å². The Bertz CT molecular complexity index is 770. The molecular weight excluding hydrogens is 348 g/mol. The van der Waals surface area contributed by atoms with Crippen molar-refractivity contribution in [3.63, 3.8) is 0 Å². The first-order valence-corrected chi connectivity index (χ1v) is 10.3. The number of amides is 3. The maximum absolute atomic E-state index is 12.0. The number of para-hydroxylation sites is 2. The number of unbranched alkanes of at least 4 members (excludes halogenated alkanes) is 3. The van der Waals surface area contributed by atoms with Gasteiger partial charge in [0.05, 0.1) is 16.8 Å². The topological polar surface area (TPSA) is 76.0 Å². The van der Waals surface area contributed by atoms with Gasteiger partial charge in [-0.15, -0.1) is 0 Å². The first kappa shape index (κ1) is 18.8. The normalized spacial score (nSPS) is 13.7. The Labute approximate surface area is 158 Å². The van der Waals surface area contributed by atoms with E-state index < -0.39 is 6.03 Å². The Morgan fingerprint density at radius 2 is 2.04 bits per heavy atom. The highest BCUT2D eigenvalue weighted by Crippen LogP contribution is 2.25. The summed E-state index contributed by atoms with van der Waals surface area (Å²) in [5.74, 6) is -0.117. The average molecular weight is 375 g/mol. The number of imidazole rings is 1. The molecule has 2 aromatic rings. The van der Waals surface area contributed by atoms with Crippen molar-refractivity contribution in [3.8, 4) is 0 Å². The number of rotatable bonds is 9. The zero-order valence-corrected chi connectivity index (χ0v) is 16.0. The number of imide groups is 1. The Morgan fingerprint density at radius 1 is 1.23 bits per heavy atom. The van der Waals surface area contributed by atoms with E-state index >= 15 is 0 Å². The fraction of sp³-hybridized carbons (Fsp3) is 0.526. The molecule has 0 spiro atoms. The summed E-state index contributed by atoms with van der Waals surface area (Å²) in [5, 5.41) is 5.98. The lowest BCUT2D eigenvalue weighted by Crippen LogP contribution is -2.41. The van der Waals surface area contributed by atoms with E-state index in [9.17, 15) is 9.59 Å². The molecule has 1 saturated carbocycles. The van der Waals surface area contributed by atoms with Gasteiger partial charge in [-0.2, -0.15) is 0 Å². The van der Waals surface area contributed by atoms with Crippen molar-refractivity contribution in [2.45, 2.75) is 63.2 Å². The molecule has 0 unspecified atom stereocenters. The maximum atomic E-state index is 12.0. The third-order valence-corrected chi connectivity index (χ3v) is 5.33. The summed E-state index contributed by atoms with van der Waals surface area (Å²) in [6.07, 6.45) is 6.71. The van der Waals surface area contributed by atoms with Crippen molar-refractivity contribution < 1.29 is 9.59 Å². The van der Waals surface area contributed by atoms with Crippen molar-refractivity contribution in [1.82, 2.24) is 20.2 Å². The molecule has 0 aliphatic heterocycles. The van der Waals surface area contributed by atoms with Gasteiger partial charge in [-0.25, -0.2) is 9.78 Å². The second-order valence-electron chi connectivity index (χ2n) is 6.68. The van der Waals surface area contributed by atoms with Crippen LogP contribution in [0.2, 0.25) is 0 Å². The quantitative estimate of drug-likeness (QED) is 0.518. The minimum atomic E-state index is -0.397. The number of hydrogen-bond acceptors (Lipinski definition) is 4. The molecule has 1 aromatic heterocycles. The van der Waals surface area contributed by atoms with Gasteiger partial charge < -0.3 is 9.88 Å². The molecule has 1 heterocycles. The summed E-state index contributed by atoms with van der Waals surface area (Å²) in [5.41, 5.74) is 2.04. The van der Waals surface area contributed by atoms with Crippen molar-refractivity contribution >= 4 is 34.7 Å². The number of carbonyl (C=O) groups is 2. The van der Waals surface area contributed by atoms with Gasteiger partial charge >= 0.3 is 6.03 Å². The summed E-state index contributed by atoms with van der Waals surface area (Å²) < 4.78 is 2.19.